The first kappa shape index (κ1) is 32.8. The van der Waals surface area contributed by atoms with Gasteiger partial charge in [0.15, 0.2) is 0 Å². The van der Waals surface area contributed by atoms with Crippen molar-refractivity contribution < 1.29 is 79.7 Å². The number of halogens is 17. The van der Waals surface area contributed by atoms with E-state index < -0.39 is 66.1 Å². The molecule has 1 nitrogen and oxygen atoms in total. The van der Waals surface area contributed by atoms with Crippen LogP contribution >= 0.6 is 0 Å². The zero-order valence-electron chi connectivity index (χ0n) is 16.9. The molecular formula is C16H17F17O. The Bertz CT molecular complexity index is 692. The summed E-state index contributed by atoms with van der Waals surface area (Å²) in [7, 11) is 0. The predicted octanol–water partition coefficient (Wildman–Crippen LogP) is 7.72. The third kappa shape index (κ3) is 4.51. The SMILES string of the molecule is CCCCCCC(C)(O)C(F)(F)C(F)(F)C(F)(F)C(F)(F)C(F)(F)C(F)(F)C(F)(F)C(F)(F)F. The summed E-state index contributed by atoms with van der Waals surface area (Å²) < 4.78 is 225. The Morgan fingerprint density at radius 3 is 1.03 bits per heavy atom. The molecule has 0 radical (unpaired) electrons. The Hall–Kier alpha value is -1.23. The quantitative estimate of drug-likeness (QED) is 0.196. The van der Waals surface area contributed by atoms with Crippen LogP contribution in [0.5, 0.6) is 0 Å². The highest BCUT2D eigenvalue weighted by Gasteiger charge is 2.95. The molecule has 0 aromatic heterocycles. The normalized spacial score (nSPS) is 17.6. The molecule has 0 aliphatic carbocycles. The van der Waals surface area contributed by atoms with E-state index in [9.17, 15) is 79.7 Å². The van der Waals surface area contributed by atoms with Crippen LogP contribution in [0.3, 0.4) is 0 Å². The zero-order chi connectivity index (χ0) is 28.0. The van der Waals surface area contributed by atoms with Crippen molar-refractivity contribution in [2.75, 3.05) is 0 Å². The molecule has 0 aliphatic heterocycles. The largest absolute Gasteiger partial charge is 0.460 e. The average molecular weight is 548 g/mol. The van der Waals surface area contributed by atoms with E-state index >= 15 is 0 Å². The number of hydrogen-bond acceptors (Lipinski definition) is 1. The van der Waals surface area contributed by atoms with Crippen molar-refractivity contribution >= 4 is 0 Å². The van der Waals surface area contributed by atoms with Crippen LogP contribution in [0.25, 0.3) is 0 Å². The molecule has 0 spiro atoms. The maximum absolute atomic E-state index is 14.0. The van der Waals surface area contributed by atoms with Gasteiger partial charge in [0.2, 0.25) is 0 Å². The van der Waals surface area contributed by atoms with Gasteiger partial charge in [-0.25, -0.2) is 0 Å². The molecule has 0 heterocycles. The van der Waals surface area contributed by atoms with E-state index in [-0.39, 0.29) is 19.8 Å². The number of hydrogen-bond donors (Lipinski definition) is 1. The smallest absolute Gasteiger partial charge is 0.384 e. The van der Waals surface area contributed by atoms with Crippen LogP contribution in [0.4, 0.5) is 74.6 Å². The first-order chi connectivity index (χ1) is 14.6. The van der Waals surface area contributed by atoms with Crippen molar-refractivity contribution in [1.29, 1.82) is 0 Å². The molecule has 18 heteroatoms. The third-order valence-electron chi connectivity index (χ3n) is 4.92. The lowest BCUT2D eigenvalue weighted by atomic mass is 9.81. The second-order valence-corrected chi connectivity index (χ2v) is 7.60. The molecule has 0 aliphatic rings. The van der Waals surface area contributed by atoms with E-state index in [0.29, 0.717) is 6.42 Å². The highest BCUT2D eigenvalue weighted by atomic mass is 19.4. The second kappa shape index (κ2) is 9.01. The van der Waals surface area contributed by atoms with Crippen molar-refractivity contribution in [2.45, 2.75) is 99.2 Å². The van der Waals surface area contributed by atoms with E-state index in [2.05, 4.69) is 0 Å². The molecule has 34 heavy (non-hydrogen) atoms. The van der Waals surface area contributed by atoms with Crippen molar-refractivity contribution in [2.24, 2.45) is 0 Å². The summed E-state index contributed by atoms with van der Waals surface area (Å²) in [5, 5.41) is 9.49. The van der Waals surface area contributed by atoms with Gasteiger partial charge in [-0.05, 0) is 13.3 Å². The Kier molecular flexibility index (Phi) is 8.69. The number of unbranched alkanes of at least 4 members (excludes halogenated alkanes) is 3. The first-order valence-electron chi connectivity index (χ1n) is 9.00. The zero-order valence-corrected chi connectivity index (χ0v) is 16.9. The van der Waals surface area contributed by atoms with Crippen LogP contribution < -0.4 is 0 Å². The monoisotopic (exact) mass is 548 g/mol. The van der Waals surface area contributed by atoms with Gasteiger partial charge in [-0.2, -0.15) is 74.6 Å². The molecule has 0 amide bonds. The van der Waals surface area contributed by atoms with Gasteiger partial charge < -0.3 is 5.11 Å². The molecule has 1 unspecified atom stereocenters. The minimum absolute atomic E-state index is 0.113. The van der Waals surface area contributed by atoms with Crippen LogP contribution in [0.15, 0.2) is 0 Å². The Morgan fingerprint density at radius 2 is 0.735 bits per heavy atom. The Labute approximate surface area is 180 Å². The second-order valence-electron chi connectivity index (χ2n) is 7.60. The summed E-state index contributed by atoms with van der Waals surface area (Å²) in [5.74, 6) is -57.1. The molecule has 0 saturated carbocycles. The van der Waals surface area contributed by atoms with Gasteiger partial charge in [0.05, 0.1) is 0 Å². The lowest BCUT2D eigenvalue weighted by molar-refractivity contribution is -0.466. The molecule has 0 rings (SSSR count). The fraction of sp³-hybridized carbons (Fsp3) is 1.00. The molecule has 1 N–H and O–H groups in total. The topological polar surface area (TPSA) is 20.2 Å². The molecular weight excluding hydrogens is 531 g/mol. The van der Waals surface area contributed by atoms with Gasteiger partial charge in [-0.3, -0.25) is 0 Å². The van der Waals surface area contributed by atoms with Gasteiger partial charge in [-0.15, -0.1) is 0 Å². The minimum Gasteiger partial charge on any atom is -0.384 e. The minimum atomic E-state index is -8.67. The standard InChI is InChI=1S/C16H17F17O/c1-3-4-5-6-7-8(2,34)9(17,18)10(19,20)11(21,22)12(23,24)13(25,26)14(27,28)15(29,30)16(31,32)33/h34H,3-7H2,1-2H3. The van der Waals surface area contributed by atoms with Crippen molar-refractivity contribution in [3.63, 3.8) is 0 Å². The summed E-state index contributed by atoms with van der Waals surface area (Å²) in [4.78, 5) is 0. The fourth-order valence-electron chi connectivity index (χ4n) is 2.56. The van der Waals surface area contributed by atoms with Gasteiger partial charge in [0.25, 0.3) is 0 Å². The van der Waals surface area contributed by atoms with Crippen LogP contribution in [0.1, 0.15) is 46.0 Å². The summed E-state index contributed by atoms with van der Waals surface area (Å²) in [6.45, 7) is 1.23. The highest BCUT2D eigenvalue weighted by Crippen LogP contribution is 2.64. The Balaban J connectivity index is 6.60. The van der Waals surface area contributed by atoms with E-state index in [1.807, 2.05) is 0 Å². The highest BCUT2D eigenvalue weighted by molar-refractivity contribution is 5.17. The summed E-state index contributed by atoms with van der Waals surface area (Å²) in [6, 6.07) is 0. The lowest BCUT2D eigenvalue weighted by Crippen LogP contribution is -2.76. The van der Waals surface area contributed by atoms with Crippen molar-refractivity contribution in [3.8, 4) is 0 Å². The Morgan fingerprint density at radius 1 is 0.441 bits per heavy atom. The maximum Gasteiger partial charge on any atom is 0.460 e. The molecule has 206 valence electrons. The summed E-state index contributed by atoms with van der Waals surface area (Å²) in [6.07, 6.45) is -9.50. The van der Waals surface area contributed by atoms with Crippen LogP contribution in [0, 0.1) is 0 Å². The van der Waals surface area contributed by atoms with Gasteiger partial charge in [-0.1, -0.05) is 32.6 Å². The van der Waals surface area contributed by atoms with Gasteiger partial charge in [0.1, 0.15) is 5.60 Å². The summed E-state index contributed by atoms with van der Waals surface area (Å²) >= 11 is 0. The predicted molar refractivity (Wildman–Crippen MR) is 80.1 cm³/mol. The van der Waals surface area contributed by atoms with Crippen LogP contribution in [-0.2, 0) is 0 Å². The number of rotatable bonds is 12. The third-order valence-corrected chi connectivity index (χ3v) is 4.92. The number of alkyl halides is 17. The van der Waals surface area contributed by atoms with Crippen LogP contribution in [-0.4, -0.2) is 58.3 Å². The molecule has 0 aromatic carbocycles. The van der Waals surface area contributed by atoms with Crippen molar-refractivity contribution in [1.82, 2.24) is 0 Å². The fourth-order valence-corrected chi connectivity index (χ4v) is 2.56. The van der Waals surface area contributed by atoms with Crippen LogP contribution in [0.2, 0.25) is 0 Å². The van der Waals surface area contributed by atoms with Crippen molar-refractivity contribution in [3.05, 3.63) is 0 Å². The molecule has 0 saturated heterocycles. The first-order valence-corrected chi connectivity index (χ1v) is 9.00. The van der Waals surface area contributed by atoms with E-state index in [1.54, 1.807) is 6.92 Å². The lowest BCUT2D eigenvalue weighted by Gasteiger charge is -2.45. The average Bonchev–Trinajstić information content (AvgIpc) is 2.63. The number of aliphatic hydroxyl groups is 1. The van der Waals surface area contributed by atoms with Gasteiger partial charge in [0, 0.05) is 0 Å². The van der Waals surface area contributed by atoms with E-state index in [4.69, 9.17) is 0 Å². The molecule has 0 aromatic rings. The molecule has 0 bridgehead atoms. The molecule has 0 fully saturated rings. The van der Waals surface area contributed by atoms with E-state index in [0.717, 1.165) is 0 Å². The van der Waals surface area contributed by atoms with Gasteiger partial charge >= 0.3 is 47.6 Å². The maximum atomic E-state index is 14.0. The molecule has 1 atom stereocenters. The van der Waals surface area contributed by atoms with E-state index in [1.165, 1.54) is 0 Å². The summed E-state index contributed by atoms with van der Waals surface area (Å²) in [5.41, 5.74) is -4.38.